The summed E-state index contributed by atoms with van der Waals surface area (Å²) in [5, 5.41) is 15.7. The first-order valence-electron chi connectivity index (χ1n) is 5.10. The maximum atomic E-state index is 11.6. The van der Waals surface area contributed by atoms with E-state index in [0.717, 1.165) is 0 Å². The van der Waals surface area contributed by atoms with Gasteiger partial charge in [-0.3, -0.25) is 0 Å². The summed E-state index contributed by atoms with van der Waals surface area (Å²) in [6.07, 6.45) is 1.11. The van der Waals surface area contributed by atoms with Gasteiger partial charge in [0.1, 0.15) is 0 Å². The molecule has 0 amide bonds. The summed E-state index contributed by atoms with van der Waals surface area (Å²) in [5.74, 6) is -1.67. The van der Waals surface area contributed by atoms with E-state index in [1.807, 2.05) is 0 Å². The van der Waals surface area contributed by atoms with Crippen molar-refractivity contribution >= 4 is 15.8 Å². The third kappa shape index (κ3) is 2.31. The minimum Gasteiger partial charge on any atom is -0.474 e. The molecule has 1 aliphatic heterocycles. The van der Waals surface area contributed by atoms with E-state index in [0.29, 0.717) is 12.8 Å². The molecule has 1 aromatic heterocycles. The van der Waals surface area contributed by atoms with Gasteiger partial charge in [0.25, 0.3) is 0 Å². The fourth-order valence-corrected chi connectivity index (χ4v) is 4.00. The van der Waals surface area contributed by atoms with E-state index in [1.165, 1.54) is 0 Å². The van der Waals surface area contributed by atoms with Gasteiger partial charge in [-0.1, -0.05) is 0 Å². The summed E-state index contributed by atoms with van der Waals surface area (Å²) in [5.41, 5.74) is -0.780. The van der Waals surface area contributed by atoms with Crippen molar-refractivity contribution in [2.24, 2.45) is 0 Å². The Hall–Kier alpha value is -1.44. The number of aromatic carboxylic acids is 1. The zero-order valence-corrected chi connectivity index (χ0v) is 10.0. The Labute approximate surface area is 97.8 Å². The molecular formula is C9H12N2O5S. The quantitative estimate of drug-likeness (QED) is 0.810. The van der Waals surface area contributed by atoms with Crippen molar-refractivity contribution in [3.05, 3.63) is 11.8 Å². The van der Waals surface area contributed by atoms with Crippen LogP contribution >= 0.6 is 0 Å². The zero-order chi connectivity index (χ0) is 12.7. The van der Waals surface area contributed by atoms with Crippen molar-refractivity contribution in [3.63, 3.8) is 0 Å². The van der Waals surface area contributed by atoms with Crippen molar-refractivity contribution in [3.8, 4) is 0 Å². The fraction of sp³-hybridized carbons (Fsp3) is 0.667. The van der Waals surface area contributed by atoms with E-state index < -0.39 is 27.1 Å². The Morgan fingerprint density at radius 3 is 2.71 bits per heavy atom. The number of carboxylic acids is 1. The van der Waals surface area contributed by atoms with Gasteiger partial charge in [-0.05, 0) is 19.8 Å². The SMILES string of the molecule is CC1(c2nnc(C(=O)O)o2)CCCS(=O)(=O)C1. The highest BCUT2D eigenvalue weighted by atomic mass is 32.2. The van der Waals surface area contributed by atoms with Gasteiger partial charge in [0.05, 0.1) is 16.9 Å². The molecule has 1 unspecified atom stereocenters. The van der Waals surface area contributed by atoms with Crippen LogP contribution in [0.4, 0.5) is 0 Å². The molecule has 1 fully saturated rings. The second-order valence-electron chi connectivity index (χ2n) is 4.47. The monoisotopic (exact) mass is 260 g/mol. The van der Waals surface area contributed by atoms with E-state index in [2.05, 4.69) is 10.2 Å². The number of nitrogens with zero attached hydrogens (tertiary/aromatic N) is 2. The molecule has 1 saturated heterocycles. The molecule has 0 radical (unpaired) electrons. The van der Waals surface area contributed by atoms with Gasteiger partial charge >= 0.3 is 11.9 Å². The minimum absolute atomic E-state index is 0.0816. The summed E-state index contributed by atoms with van der Waals surface area (Å²) in [6, 6.07) is 0. The van der Waals surface area contributed by atoms with E-state index in [-0.39, 0.29) is 17.4 Å². The Bertz CT molecular complexity index is 549. The van der Waals surface area contributed by atoms with Gasteiger partial charge in [0.15, 0.2) is 9.84 Å². The molecule has 1 atom stereocenters. The molecule has 1 aliphatic rings. The predicted octanol–water partition coefficient (Wildman–Crippen LogP) is 0.234. The average Bonchev–Trinajstić information content (AvgIpc) is 2.64. The molecule has 94 valence electrons. The lowest BCUT2D eigenvalue weighted by molar-refractivity contribution is 0.0649. The van der Waals surface area contributed by atoms with Gasteiger partial charge in [0.2, 0.25) is 5.89 Å². The Morgan fingerprint density at radius 2 is 2.18 bits per heavy atom. The molecule has 7 nitrogen and oxygen atoms in total. The maximum absolute atomic E-state index is 11.6. The van der Waals surface area contributed by atoms with E-state index in [9.17, 15) is 13.2 Å². The van der Waals surface area contributed by atoms with E-state index in [4.69, 9.17) is 9.52 Å². The predicted molar refractivity (Wildman–Crippen MR) is 56.5 cm³/mol. The maximum Gasteiger partial charge on any atom is 0.393 e. The number of carboxylic acid groups (broad SMARTS) is 1. The second kappa shape index (κ2) is 3.80. The number of aromatic nitrogens is 2. The number of sulfone groups is 1. The number of rotatable bonds is 2. The highest BCUT2D eigenvalue weighted by Crippen LogP contribution is 2.33. The van der Waals surface area contributed by atoms with E-state index in [1.54, 1.807) is 6.92 Å². The first-order valence-corrected chi connectivity index (χ1v) is 6.92. The lowest BCUT2D eigenvalue weighted by Gasteiger charge is -2.29. The van der Waals surface area contributed by atoms with Crippen molar-refractivity contribution in [1.82, 2.24) is 10.2 Å². The molecule has 2 rings (SSSR count). The summed E-state index contributed by atoms with van der Waals surface area (Å²) >= 11 is 0. The van der Waals surface area contributed by atoms with Crippen LogP contribution in [-0.4, -0.2) is 41.2 Å². The van der Waals surface area contributed by atoms with Crippen LogP contribution < -0.4 is 0 Å². The van der Waals surface area contributed by atoms with Gasteiger partial charge in [-0.15, -0.1) is 10.2 Å². The van der Waals surface area contributed by atoms with Crippen molar-refractivity contribution in [2.45, 2.75) is 25.2 Å². The van der Waals surface area contributed by atoms with Crippen molar-refractivity contribution in [1.29, 1.82) is 0 Å². The number of hydrogen-bond donors (Lipinski definition) is 1. The van der Waals surface area contributed by atoms with Crippen LogP contribution in [0.15, 0.2) is 4.42 Å². The van der Waals surface area contributed by atoms with Crippen LogP contribution in [0, 0.1) is 0 Å². The van der Waals surface area contributed by atoms with Crippen LogP contribution in [-0.2, 0) is 15.3 Å². The summed E-state index contributed by atoms with van der Waals surface area (Å²) in [7, 11) is -3.12. The first-order chi connectivity index (χ1) is 7.82. The first kappa shape index (κ1) is 12.0. The fourth-order valence-electron chi connectivity index (χ4n) is 2.03. The normalized spacial score (nSPS) is 27.8. The van der Waals surface area contributed by atoms with Crippen LogP contribution in [0.2, 0.25) is 0 Å². The molecule has 1 N–H and O–H groups in total. The minimum atomic E-state index is -3.12. The third-order valence-corrected chi connectivity index (χ3v) is 4.83. The van der Waals surface area contributed by atoms with Crippen LogP contribution in [0.5, 0.6) is 0 Å². The van der Waals surface area contributed by atoms with Crippen molar-refractivity contribution in [2.75, 3.05) is 11.5 Å². The van der Waals surface area contributed by atoms with Crippen LogP contribution in [0.3, 0.4) is 0 Å². The molecule has 0 spiro atoms. The molecule has 17 heavy (non-hydrogen) atoms. The molecule has 0 aromatic carbocycles. The zero-order valence-electron chi connectivity index (χ0n) is 9.21. The summed E-state index contributed by atoms with van der Waals surface area (Å²) in [6.45, 7) is 1.70. The van der Waals surface area contributed by atoms with Crippen LogP contribution in [0.25, 0.3) is 0 Å². The van der Waals surface area contributed by atoms with Crippen molar-refractivity contribution < 1.29 is 22.7 Å². The lowest BCUT2D eigenvalue weighted by atomic mass is 9.87. The third-order valence-electron chi connectivity index (χ3n) is 2.85. The average molecular weight is 260 g/mol. The highest BCUT2D eigenvalue weighted by molar-refractivity contribution is 7.91. The van der Waals surface area contributed by atoms with Gasteiger partial charge in [0, 0.05) is 0 Å². The molecule has 2 heterocycles. The molecule has 0 bridgehead atoms. The topological polar surface area (TPSA) is 110 Å². The number of hydrogen-bond acceptors (Lipinski definition) is 6. The lowest BCUT2D eigenvalue weighted by Crippen LogP contribution is -2.37. The summed E-state index contributed by atoms with van der Waals surface area (Å²) < 4.78 is 28.1. The Kier molecular flexibility index (Phi) is 2.69. The number of carbonyl (C=O) groups is 1. The Morgan fingerprint density at radius 1 is 1.47 bits per heavy atom. The van der Waals surface area contributed by atoms with Gasteiger partial charge < -0.3 is 9.52 Å². The summed E-state index contributed by atoms with van der Waals surface area (Å²) in [4.78, 5) is 10.6. The highest BCUT2D eigenvalue weighted by Gasteiger charge is 2.41. The van der Waals surface area contributed by atoms with Crippen LogP contribution in [0.1, 0.15) is 36.3 Å². The van der Waals surface area contributed by atoms with E-state index >= 15 is 0 Å². The van der Waals surface area contributed by atoms with Gasteiger partial charge in [-0.2, -0.15) is 0 Å². The molecule has 1 aromatic rings. The standard InChI is InChI=1S/C9H12N2O5S/c1-9(3-2-4-17(14,15)5-9)8-11-10-6(16-8)7(12)13/h2-5H2,1H3,(H,12,13). The molecule has 8 heteroatoms. The largest absolute Gasteiger partial charge is 0.474 e. The molecule has 0 aliphatic carbocycles. The van der Waals surface area contributed by atoms with Gasteiger partial charge in [-0.25, -0.2) is 13.2 Å². The smallest absolute Gasteiger partial charge is 0.393 e. The Balaban J connectivity index is 2.34. The second-order valence-corrected chi connectivity index (χ2v) is 6.66. The molecular weight excluding hydrogens is 248 g/mol. The molecule has 0 saturated carbocycles.